The van der Waals surface area contributed by atoms with E-state index in [-0.39, 0.29) is 11.7 Å². The van der Waals surface area contributed by atoms with Gasteiger partial charge in [0.1, 0.15) is 4.87 Å². The molecular formula is C17H13ClO. The van der Waals surface area contributed by atoms with Crippen LogP contribution in [0.2, 0.25) is 0 Å². The number of hydrogen-bond donors (Lipinski definition) is 0. The van der Waals surface area contributed by atoms with Crippen molar-refractivity contribution in [3.05, 3.63) is 83.9 Å². The van der Waals surface area contributed by atoms with Gasteiger partial charge in [-0.05, 0) is 17.2 Å². The minimum Gasteiger partial charge on any atom is -0.294 e. The maximum atomic E-state index is 12.2. The summed E-state index contributed by atoms with van der Waals surface area (Å²) in [5, 5.41) is 0. The molecule has 0 radical (unpaired) electrons. The van der Waals surface area contributed by atoms with Gasteiger partial charge in [0.2, 0.25) is 0 Å². The van der Waals surface area contributed by atoms with Crippen LogP contribution in [0, 0.1) is 0 Å². The third-order valence-corrected chi connectivity index (χ3v) is 4.11. The third kappa shape index (κ3) is 2.00. The fourth-order valence-electron chi connectivity index (χ4n) is 2.61. The van der Waals surface area contributed by atoms with E-state index < -0.39 is 4.87 Å². The predicted octanol–water partition coefficient (Wildman–Crippen LogP) is 4.04. The first-order valence-corrected chi connectivity index (χ1v) is 6.62. The number of carbonyl (C=O) groups excluding carboxylic acids is 1. The molecule has 0 saturated carbocycles. The van der Waals surface area contributed by atoms with Gasteiger partial charge in [0.25, 0.3) is 0 Å². The van der Waals surface area contributed by atoms with E-state index in [1.165, 1.54) is 0 Å². The second-order valence-corrected chi connectivity index (χ2v) is 5.34. The molecule has 0 aromatic heterocycles. The Morgan fingerprint density at radius 1 is 0.895 bits per heavy atom. The summed E-state index contributed by atoms with van der Waals surface area (Å²) in [7, 11) is 0. The lowest BCUT2D eigenvalue weighted by molar-refractivity contribution is -0.115. The average molecular weight is 269 g/mol. The van der Waals surface area contributed by atoms with E-state index in [0.29, 0.717) is 0 Å². The van der Waals surface area contributed by atoms with Gasteiger partial charge in [-0.25, -0.2) is 0 Å². The van der Waals surface area contributed by atoms with Gasteiger partial charge < -0.3 is 0 Å². The quantitative estimate of drug-likeness (QED) is 0.751. The Morgan fingerprint density at radius 3 is 2.11 bits per heavy atom. The molecule has 0 bridgehead atoms. The van der Waals surface area contributed by atoms with Gasteiger partial charge in [0, 0.05) is 0 Å². The molecule has 2 aromatic rings. The molecule has 0 spiro atoms. The molecule has 3 rings (SSSR count). The van der Waals surface area contributed by atoms with Crippen molar-refractivity contribution in [3.63, 3.8) is 0 Å². The Bertz CT molecular complexity index is 618. The summed E-state index contributed by atoms with van der Waals surface area (Å²) in [6.07, 6.45) is 3.40. The summed E-state index contributed by atoms with van der Waals surface area (Å²) in [5.41, 5.74) is 1.91. The van der Waals surface area contributed by atoms with Crippen LogP contribution in [0.4, 0.5) is 0 Å². The fraction of sp³-hybridized carbons (Fsp3) is 0.118. The molecule has 0 aliphatic heterocycles. The Labute approximate surface area is 117 Å². The molecule has 2 atom stereocenters. The summed E-state index contributed by atoms with van der Waals surface area (Å²) in [6.45, 7) is 0. The molecule has 1 aliphatic carbocycles. The first-order chi connectivity index (χ1) is 9.22. The molecule has 0 N–H and O–H groups in total. The van der Waals surface area contributed by atoms with Crippen LogP contribution in [0.15, 0.2) is 72.8 Å². The average Bonchev–Trinajstić information content (AvgIpc) is 2.78. The Morgan fingerprint density at radius 2 is 1.47 bits per heavy atom. The second-order valence-electron chi connectivity index (χ2n) is 4.71. The maximum absolute atomic E-state index is 12.2. The smallest absolute Gasteiger partial charge is 0.165 e. The highest BCUT2D eigenvalue weighted by Crippen LogP contribution is 2.48. The van der Waals surface area contributed by atoms with Crippen LogP contribution in [0.3, 0.4) is 0 Å². The van der Waals surface area contributed by atoms with Gasteiger partial charge >= 0.3 is 0 Å². The minimum absolute atomic E-state index is 0.0602. The molecule has 94 valence electrons. The predicted molar refractivity (Wildman–Crippen MR) is 77.3 cm³/mol. The highest BCUT2D eigenvalue weighted by atomic mass is 35.5. The molecule has 19 heavy (non-hydrogen) atoms. The van der Waals surface area contributed by atoms with Crippen LogP contribution < -0.4 is 0 Å². The summed E-state index contributed by atoms with van der Waals surface area (Å²) in [6, 6.07) is 19.5. The highest BCUT2D eigenvalue weighted by Gasteiger charge is 2.44. The third-order valence-electron chi connectivity index (χ3n) is 3.54. The molecule has 1 nitrogen and oxygen atoms in total. The van der Waals surface area contributed by atoms with E-state index in [9.17, 15) is 4.79 Å². The topological polar surface area (TPSA) is 17.1 Å². The van der Waals surface area contributed by atoms with Crippen molar-refractivity contribution in [2.24, 2.45) is 0 Å². The van der Waals surface area contributed by atoms with Crippen molar-refractivity contribution in [1.29, 1.82) is 0 Å². The number of carbonyl (C=O) groups is 1. The highest BCUT2D eigenvalue weighted by molar-refractivity contribution is 6.30. The number of alkyl halides is 1. The number of ketones is 1. The lowest BCUT2D eigenvalue weighted by atomic mass is 9.82. The molecule has 0 heterocycles. The standard InChI is InChI=1S/C17H13ClO/c18-17(14-9-5-2-6-10-14)12-11-15(19)16(17)13-7-3-1-4-8-13/h1-12,16H. The summed E-state index contributed by atoms with van der Waals surface area (Å²) >= 11 is 6.78. The molecule has 2 unspecified atom stereocenters. The molecular weight excluding hydrogens is 256 g/mol. The van der Waals surface area contributed by atoms with Crippen LogP contribution in [0.1, 0.15) is 17.0 Å². The van der Waals surface area contributed by atoms with Crippen molar-refractivity contribution in [1.82, 2.24) is 0 Å². The van der Waals surface area contributed by atoms with Crippen LogP contribution in [0.25, 0.3) is 0 Å². The molecule has 0 fully saturated rings. The molecule has 2 heteroatoms. The van der Waals surface area contributed by atoms with Gasteiger partial charge in [0.15, 0.2) is 5.78 Å². The minimum atomic E-state index is -0.778. The van der Waals surface area contributed by atoms with Gasteiger partial charge in [-0.2, -0.15) is 0 Å². The molecule has 2 aromatic carbocycles. The normalized spacial score (nSPS) is 25.7. The van der Waals surface area contributed by atoms with Gasteiger partial charge in [-0.3, -0.25) is 4.79 Å². The Balaban J connectivity index is 2.10. The SMILES string of the molecule is O=C1C=CC(Cl)(c2ccccc2)C1c1ccccc1. The van der Waals surface area contributed by atoms with Gasteiger partial charge in [0.05, 0.1) is 5.92 Å². The fourth-order valence-corrected chi connectivity index (χ4v) is 3.03. The van der Waals surface area contributed by atoms with Crippen LogP contribution in [-0.2, 0) is 9.67 Å². The Kier molecular flexibility index (Phi) is 3.00. The van der Waals surface area contributed by atoms with Crippen LogP contribution in [0.5, 0.6) is 0 Å². The van der Waals surface area contributed by atoms with Crippen LogP contribution >= 0.6 is 11.6 Å². The first-order valence-electron chi connectivity index (χ1n) is 6.24. The van der Waals surface area contributed by atoms with E-state index >= 15 is 0 Å². The van der Waals surface area contributed by atoms with E-state index in [0.717, 1.165) is 11.1 Å². The largest absolute Gasteiger partial charge is 0.294 e. The van der Waals surface area contributed by atoms with Crippen molar-refractivity contribution >= 4 is 17.4 Å². The zero-order valence-electron chi connectivity index (χ0n) is 10.3. The number of allylic oxidation sites excluding steroid dienone is 2. The second kappa shape index (κ2) is 4.67. The van der Waals surface area contributed by atoms with Gasteiger partial charge in [-0.1, -0.05) is 66.7 Å². The zero-order chi connectivity index (χ0) is 13.3. The van der Waals surface area contributed by atoms with E-state index in [1.54, 1.807) is 6.08 Å². The van der Waals surface area contributed by atoms with Crippen molar-refractivity contribution < 1.29 is 4.79 Å². The molecule has 0 amide bonds. The van der Waals surface area contributed by atoms with E-state index in [2.05, 4.69) is 0 Å². The van der Waals surface area contributed by atoms with Crippen LogP contribution in [-0.4, -0.2) is 5.78 Å². The number of rotatable bonds is 2. The summed E-state index contributed by atoms with van der Waals surface area (Å²) < 4.78 is 0. The number of hydrogen-bond acceptors (Lipinski definition) is 1. The first kappa shape index (κ1) is 12.2. The summed E-state index contributed by atoms with van der Waals surface area (Å²) in [4.78, 5) is 11.4. The van der Waals surface area contributed by atoms with Crippen molar-refractivity contribution in [2.75, 3.05) is 0 Å². The van der Waals surface area contributed by atoms with E-state index in [1.807, 2.05) is 66.7 Å². The van der Waals surface area contributed by atoms with E-state index in [4.69, 9.17) is 11.6 Å². The van der Waals surface area contributed by atoms with Crippen molar-refractivity contribution in [2.45, 2.75) is 10.8 Å². The molecule has 1 aliphatic rings. The number of benzene rings is 2. The lowest BCUT2D eigenvalue weighted by Gasteiger charge is -2.28. The lowest BCUT2D eigenvalue weighted by Crippen LogP contribution is -2.26. The monoisotopic (exact) mass is 268 g/mol. The molecule has 0 saturated heterocycles. The zero-order valence-corrected chi connectivity index (χ0v) is 11.0. The number of halogens is 1. The maximum Gasteiger partial charge on any atom is 0.165 e. The summed E-state index contributed by atoms with van der Waals surface area (Å²) in [5.74, 6) is -0.289. The van der Waals surface area contributed by atoms with Crippen molar-refractivity contribution in [3.8, 4) is 0 Å². The Hall–Kier alpha value is -1.86. The van der Waals surface area contributed by atoms with Gasteiger partial charge in [-0.15, -0.1) is 11.6 Å².